The Morgan fingerprint density at radius 1 is 1.05 bits per heavy atom. The Bertz CT molecular complexity index is 389. The lowest BCUT2D eigenvalue weighted by Crippen LogP contribution is -2.46. The SMILES string of the molecule is CC(C)C1(C)CCN(C(=O)C2CCC(C(=O)O)CC2)CC1. The monoisotopic (exact) mass is 295 g/mol. The molecule has 0 aromatic rings. The van der Waals surface area contributed by atoms with Crippen LogP contribution in [0.2, 0.25) is 0 Å². The van der Waals surface area contributed by atoms with Gasteiger partial charge in [0.2, 0.25) is 5.91 Å². The van der Waals surface area contributed by atoms with Crippen LogP contribution in [0, 0.1) is 23.2 Å². The second kappa shape index (κ2) is 6.37. The zero-order chi connectivity index (χ0) is 15.6. The summed E-state index contributed by atoms with van der Waals surface area (Å²) < 4.78 is 0. The topological polar surface area (TPSA) is 57.6 Å². The average Bonchev–Trinajstić information content (AvgIpc) is 2.47. The summed E-state index contributed by atoms with van der Waals surface area (Å²) in [5.74, 6) is 0.0422. The first-order valence-electron chi connectivity index (χ1n) is 8.35. The van der Waals surface area contributed by atoms with E-state index in [-0.39, 0.29) is 17.7 Å². The number of hydrogen-bond acceptors (Lipinski definition) is 2. The van der Waals surface area contributed by atoms with Crippen molar-refractivity contribution < 1.29 is 14.7 Å². The van der Waals surface area contributed by atoms with Gasteiger partial charge in [0.15, 0.2) is 0 Å². The van der Waals surface area contributed by atoms with Crippen molar-refractivity contribution in [2.75, 3.05) is 13.1 Å². The van der Waals surface area contributed by atoms with E-state index in [2.05, 4.69) is 20.8 Å². The molecule has 1 saturated carbocycles. The number of carbonyl (C=O) groups is 2. The fourth-order valence-electron chi connectivity index (χ4n) is 3.66. The van der Waals surface area contributed by atoms with Crippen LogP contribution in [0.3, 0.4) is 0 Å². The van der Waals surface area contributed by atoms with Crippen LogP contribution in [0.1, 0.15) is 59.3 Å². The molecule has 0 aromatic heterocycles. The number of nitrogens with zero attached hydrogens (tertiary/aromatic N) is 1. The number of rotatable bonds is 3. The Labute approximate surface area is 127 Å². The molecule has 2 fully saturated rings. The maximum Gasteiger partial charge on any atom is 0.306 e. The molecule has 0 atom stereocenters. The molecule has 1 amide bonds. The van der Waals surface area contributed by atoms with E-state index in [9.17, 15) is 9.59 Å². The quantitative estimate of drug-likeness (QED) is 0.870. The summed E-state index contributed by atoms with van der Waals surface area (Å²) in [5.41, 5.74) is 0.359. The highest BCUT2D eigenvalue weighted by Crippen LogP contribution is 2.39. The van der Waals surface area contributed by atoms with E-state index < -0.39 is 5.97 Å². The third-order valence-electron chi connectivity index (χ3n) is 6.04. The van der Waals surface area contributed by atoms with Gasteiger partial charge in [0, 0.05) is 19.0 Å². The molecule has 21 heavy (non-hydrogen) atoms. The molecule has 1 N–H and O–H groups in total. The van der Waals surface area contributed by atoms with E-state index in [4.69, 9.17) is 5.11 Å². The van der Waals surface area contributed by atoms with E-state index in [1.165, 1.54) is 0 Å². The van der Waals surface area contributed by atoms with Crippen LogP contribution in [0.4, 0.5) is 0 Å². The summed E-state index contributed by atoms with van der Waals surface area (Å²) in [6.07, 6.45) is 4.97. The summed E-state index contributed by atoms with van der Waals surface area (Å²) in [6, 6.07) is 0. The van der Waals surface area contributed by atoms with Crippen molar-refractivity contribution in [3.8, 4) is 0 Å². The van der Waals surface area contributed by atoms with Crippen molar-refractivity contribution in [1.29, 1.82) is 0 Å². The number of carboxylic acid groups (broad SMARTS) is 1. The first kappa shape index (κ1) is 16.3. The molecule has 4 nitrogen and oxygen atoms in total. The second-order valence-corrected chi connectivity index (χ2v) is 7.52. The van der Waals surface area contributed by atoms with Gasteiger partial charge in [0.1, 0.15) is 0 Å². The van der Waals surface area contributed by atoms with Crippen molar-refractivity contribution in [1.82, 2.24) is 4.90 Å². The Morgan fingerprint density at radius 2 is 1.52 bits per heavy atom. The smallest absolute Gasteiger partial charge is 0.306 e. The highest BCUT2D eigenvalue weighted by molar-refractivity contribution is 5.79. The standard InChI is InChI=1S/C17H29NO3/c1-12(2)17(3)8-10-18(11-9-17)15(19)13-4-6-14(7-5-13)16(20)21/h12-14H,4-11H2,1-3H3,(H,20,21). The summed E-state index contributed by atoms with van der Waals surface area (Å²) >= 11 is 0. The lowest BCUT2D eigenvalue weighted by Gasteiger charge is -2.43. The van der Waals surface area contributed by atoms with Crippen LogP contribution < -0.4 is 0 Å². The number of hydrogen-bond donors (Lipinski definition) is 1. The number of aliphatic carboxylic acids is 1. The van der Waals surface area contributed by atoms with Gasteiger partial charge >= 0.3 is 5.97 Å². The van der Waals surface area contributed by atoms with Gasteiger partial charge in [-0.3, -0.25) is 9.59 Å². The summed E-state index contributed by atoms with van der Waals surface area (Å²) in [7, 11) is 0. The van der Waals surface area contributed by atoms with E-state index >= 15 is 0 Å². The first-order chi connectivity index (χ1) is 9.83. The number of carboxylic acids is 1. The van der Waals surface area contributed by atoms with Crippen LogP contribution in [0.15, 0.2) is 0 Å². The third-order valence-corrected chi connectivity index (χ3v) is 6.04. The van der Waals surface area contributed by atoms with Gasteiger partial charge in [0.25, 0.3) is 0 Å². The lowest BCUT2D eigenvalue weighted by molar-refractivity contribution is -0.146. The largest absolute Gasteiger partial charge is 0.481 e. The average molecular weight is 295 g/mol. The van der Waals surface area contributed by atoms with E-state index in [1.54, 1.807) is 0 Å². The highest BCUT2D eigenvalue weighted by atomic mass is 16.4. The predicted octanol–water partition coefficient (Wildman–Crippen LogP) is 3.16. The number of carbonyl (C=O) groups excluding carboxylic acids is 1. The normalized spacial score (nSPS) is 29.4. The molecule has 2 rings (SSSR count). The van der Waals surface area contributed by atoms with Crippen LogP contribution in [0.25, 0.3) is 0 Å². The van der Waals surface area contributed by atoms with Gasteiger partial charge < -0.3 is 10.0 Å². The Kier molecular flexibility index (Phi) is 4.95. The molecule has 0 spiro atoms. The molecule has 0 aromatic carbocycles. The fourth-order valence-corrected chi connectivity index (χ4v) is 3.66. The molecule has 1 heterocycles. The maximum atomic E-state index is 12.6. The Hall–Kier alpha value is -1.06. The van der Waals surface area contributed by atoms with Crippen LogP contribution >= 0.6 is 0 Å². The molecular weight excluding hydrogens is 266 g/mol. The number of likely N-dealkylation sites (tertiary alicyclic amines) is 1. The van der Waals surface area contributed by atoms with Gasteiger partial charge in [-0.15, -0.1) is 0 Å². The van der Waals surface area contributed by atoms with Crippen molar-refractivity contribution >= 4 is 11.9 Å². The van der Waals surface area contributed by atoms with E-state index in [0.29, 0.717) is 24.2 Å². The minimum atomic E-state index is -0.702. The predicted molar refractivity (Wildman–Crippen MR) is 81.8 cm³/mol. The van der Waals surface area contributed by atoms with E-state index in [1.807, 2.05) is 4.90 Å². The Morgan fingerprint density at radius 3 is 1.95 bits per heavy atom. The van der Waals surface area contributed by atoms with Crippen LogP contribution in [-0.4, -0.2) is 35.0 Å². The zero-order valence-electron chi connectivity index (χ0n) is 13.6. The third kappa shape index (κ3) is 3.58. The summed E-state index contributed by atoms with van der Waals surface area (Å²) in [5, 5.41) is 9.03. The Balaban J connectivity index is 1.84. The first-order valence-corrected chi connectivity index (χ1v) is 8.35. The van der Waals surface area contributed by atoms with Gasteiger partial charge in [-0.1, -0.05) is 20.8 Å². The molecular formula is C17H29NO3. The second-order valence-electron chi connectivity index (χ2n) is 7.52. The molecule has 120 valence electrons. The van der Waals surface area contributed by atoms with Crippen LogP contribution in [0.5, 0.6) is 0 Å². The maximum absolute atomic E-state index is 12.6. The molecule has 0 bridgehead atoms. The lowest BCUT2D eigenvalue weighted by atomic mass is 9.71. The van der Waals surface area contributed by atoms with Crippen molar-refractivity contribution in [3.05, 3.63) is 0 Å². The molecule has 0 radical (unpaired) electrons. The molecule has 0 unspecified atom stereocenters. The van der Waals surface area contributed by atoms with Gasteiger partial charge in [-0.2, -0.15) is 0 Å². The number of amides is 1. The van der Waals surface area contributed by atoms with Gasteiger partial charge in [-0.05, 0) is 49.9 Å². The summed E-state index contributed by atoms with van der Waals surface area (Å²) in [4.78, 5) is 25.6. The van der Waals surface area contributed by atoms with E-state index in [0.717, 1.165) is 38.8 Å². The number of piperidine rings is 1. The molecule has 4 heteroatoms. The van der Waals surface area contributed by atoms with Gasteiger partial charge in [-0.25, -0.2) is 0 Å². The van der Waals surface area contributed by atoms with Crippen molar-refractivity contribution in [2.45, 2.75) is 59.3 Å². The van der Waals surface area contributed by atoms with Crippen LogP contribution in [-0.2, 0) is 9.59 Å². The molecule has 1 aliphatic carbocycles. The highest BCUT2D eigenvalue weighted by Gasteiger charge is 2.37. The zero-order valence-corrected chi connectivity index (χ0v) is 13.6. The van der Waals surface area contributed by atoms with Crippen molar-refractivity contribution in [3.63, 3.8) is 0 Å². The minimum absolute atomic E-state index is 0.0593. The molecule has 1 aliphatic heterocycles. The minimum Gasteiger partial charge on any atom is -0.481 e. The molecule has 1 saturated heterocycles. The molecule has 2 aliphatic rings. The van der Waals surface area contributed by atoms with Crippen molar-refractivity contribution in [2.24, 2.45) is 23.2 Å². The van der Waals surface area contributed by atoms with Gasteiger partial charge in [0.05, 0.1) is 5.92 Å². The fraction of sp³-hybridized carbons (Fsp3) is 0.882. The summed E-state index contributed by atoms with van der Waals surface area (Å²) in [6.45, 7) is 8.60.